The van der Waals surface area contributed by atoms with Gasteiger partial charge in [-0.1, -0.05) is 6.08 Å². The van der Waals surface area contributed by atoms with Gasteiger partial charge in [-0.2, -0.15) is 0 Å². The lowest BCUT2D eigenvalue weighted by molar-refractivity contribution is -0.183. The fourth-order valence-corrected chi connectivity index (χ4v) is 3.19. The van der Waals surface area contributed by atoms with Crippen LogP contribution in [0.3, 0.4) is 0 Å². The van der Waals surface area contributed by atoms with Gasteiger partial charge in [0, 0.05) is 18.9 Å². The van der Waals surface area contributed by atoms with Crippen LogP contribution in [0.15, 0.2) is 12.2 Å². The maximum atomic E-state index is 11.3. The topological polar surface area (TPSA) is 47.6 Å². The Labute approximate surface area is 101 Å². The van der Waals surface area contributed by atoms with Gasteiger partial charge in [0.25, 0.3) is 0 Å². The zero-order chi connectivity index (χ0) is 11.7. The SMILES string of the molecule is O=C1C=CCC(C2CCC3(CC2)OCCO3)N1. The van der Waals surface area contributed by atoms with Crippen LogP contribution in [-0.4, -0.2) is 30.9 Å². The number of carbonyl (C=O) groups excluding carboxylic acids is 1. The van der Waals surface area contributed by atoms with Crippen LogP contribution >= 0.6 is 0 Å². The average molecular weight is 237 g/mol. The molecule has 1 saturated heterocycles. The first-order valence-corrected chi connectivity index (χ1v) is 6.52. The molecule has 17 heavy (non-hydrogen) atoms. The number of ether oxygens (including phenoxy) is 2. The molecule has 1 N–H and O–H groups in total. The molecule has 0 radical (unpaired) electrons. The minimum atomic E-state index is -0.287. The van der Waals surface area contributed by atoms with E-state index in [0.717, 1.165) is 45.3 Å². The van der Waals surface area contributed by atoms with Gasteiger partial charge in [0.1, 0.15) is 0 Å². The summed E-state index contributed by atoms with van der Waals surface area (Å²) in [5, 5.41) is 3.06. The summed E-state index contributed by atoms with van der Waals surface area (Å²) in [7, 11) is 0. The van der Waals surface area contributed by atoms with E-state index in [9.17, 15) is 4.79 Å². The Morgan fingerprint density at radius 2 is 1.94 bits per heavy atom. The van der Waals surface area contributed by atoms with Crippen LogP contribution in [0.4, 0.5) is 0 Å². The summed E-state index contributed by atoms with van der Waals surface area (Å²) < 4.78 is 11.4. The number of hydrogen-bond acceptors (Lipinski definition) is 3. The molecule has 3 aliphatic rings. The Kier molecular flexibility index (Phi) is 2.92. The van der Waals surface area contributed by atoms with Crippen molar-refractivity contribution < 1.29 is 14.3 Å². The molecule has 2 aliphatic heterocycles. The van der Waals surface area contributed by atoms with Crippen LogP contribution < -0.4 is 5.32 Å². The minimum Gasteiger partial charge on any atom is -0.349 e. The van der Waals surface area contributed by atoms with Gasteiger partial charge in [-0.15, -0.1) is 0 Å². The smallest absolute Gasteiger partial charge is 0.243 e. The van der Waals surface area contributed by atoms with Crippen molar-refractivity contribution in [3.05, 3.63) is 12.2 Å². The Balaban J connectivity index is 1.57. The van der Waals surface area contributed by atoms with Gasteiger partial charge in [0.05, 0.1) is 13.2 Å². The summed E-state index contributed by atoms with van der Waals surface area (Å²) in [4.78, 5) is 11.3. The Morgan fingerprint density at radius 1 is 1.24 bits per heavy atom. The van der Waals surface area contributed by atoms with E-state index < -0.39 is 0 Å². The van der Waals surface area contributed by atoms with E-state index in [1.807, 2.05) is 6.08 Å². The maximum Gasteiger partial charge on any atom is 0.243 e. The summed E-state index contributed by atoms with van der Waals surface area (Å²) in [5.74, 6) is 0.336. The van der Waals surface area contributed by atoms with Crippen molar-refractivity contribution in [2.45, 2.75) is 43.9 Å². The molecule has 0 aromatic rings. The zero-order valence-electron chi connectivity index (χ0n) is 9.98. The Hall–Kier alpha value is -0.870. The fourth-order valence-electron chi connectivity index (χ4n) is 3.19. The lowest BCUT2D eigenvalue weighted by atomic mass is 9.79. The molecule has 4 heteroatoms. The average Bonchev–Trinajstić information content (AvgIpc) is 2.79. The second-order valence-corrected chi connectivity index (χ2v) is 5.20. The molecule has 94 valence electrons. The predicted octanol–water partition coefficient (Wildman–Crippen LogP) is 1.36. The quantitative estimate of drug-likeness (QED) is 0.749. The van der Waals surface area contributed by atoms with Gasteiger partial charge in [0.15, 0.2) is 5.79 Å². The number of rotatable bonds is 1. The van der Waals surface area contributed by atoms with Gasteiger partial charge in [-0.3, -0.25) is 4.79 Å². The Bertz CT molecular complexity index is 324. The molecule has 0 bridgehead atoms. The third kappa shape index (κ3) is 2.24. The molecular formula is C13H19NO3. The van der Waals surface area contributed by atoms with Crippen molar-refractivity contribution in [2.24, 2.45) is 5.92 Å². The molecule has 4 nitrogen and oxygen atoms in total. The molecule has 2 fully saturated rings. The summed E-state index contributed by atoms with van der Waals surface area (Å²) >= 11 is 0. The van der Waals surface area contributed by atoms with Crippen molar-refractivity contribution in [1.29, 1.82) is 0 Å². The van der Waals surface area contributed by atoms with Gasteiger partial charge in [-0.25, -0.2) is 0 Å². The van der Waals surface area contributed by atoms with Gasteiger partial charge in [-0.05, 0) is 31.3 Å². The molecule has 1 atom stereocenters. The zero-order valence-corrected chi connectivity index (χ0v) is 9.98. The highest BCUT2D eigenvalue weighted by atomic mass is 16.7. The third-order valence-corrected chi connectivity index (χ3v) is 4.16. The van der Waals surface area contributed by atoms with E-state index in [-0.39, 0.29) is 11.7 Å². The second kappa shape index (κ2) is 4.42. The number of hydrogen-bond donors (Lipinski definition) is 1. The molecular weight excluding hydrogens is 218 g/mol. The first-order chi connectivity index (χ1) is 8.27. The van der Waals surface area contributed by atoms with E-state index in [1.165, 1.54) is 0 Å². The normalized spacial score (nSPS) is 32.9. The maximum absolute atomic E-state index is 11.3. The number of nitrogens with one attached hydrogen (secondary N) is 1. The summed E-state index contributed by atoms with van der Waals surface area (Å²) in [6.45, 7) is 1.46. The summed E-state index contributed by atoms with van der Waals surface area (Å²) in [5.41, 5.74) is 0. The molecule has 2 heterocycles. The standard InChI is InChI=1S/C13H19NO3/c15-12-3-1-2-11(14-12)10-4-6-13(7-5-10)16-8-9-17-13/h1,3,10-11H,2,4-9H2,(H,14,15). The lowest BCUT2D eigenvalue weighted by Crippen LogP contribution is -2.45. The van der Waals surface area contributed by atoms with E-state index in [2.05, 4.69) is 5.32 Å². The molecule has 3 rings (SSSR count). The van der Waals surface area contributed by atoms with E-state index in [1.54, 1.807) is 6.08 Å². The van der Waals surface area contributed by atoms with Crippen molar-refractivity contribution in [2.75, 3.05) is 13.2 Å². The summed E-state index contributed by atoms with van der Waals surface area (Å²) in [6, 6.07) is 0.311. The van der Waals surface area contributed by atoms with Crippen LogP contribution in [-0.2, 0) is 14.3 Å². The first kappa shape index (κ1) is 11.2. The monoisotopic (exact) mass is 237 g/mol. The van der Waals surface area contributed by atoms with E-state index >= 15 is 0 Å². The van der Waals surface area contributed by atoms with E-state index in [4.69, 9.17) is 9.47 Å². The molecule has 1 spiro atoms. The van der Waals surface area contributed by atoms with Crippen molar-refractivity contribution in [3.8, 4) is 0 Å². The summed E-state index contributed by atoms with van der Waals surface area (Å²) in [6.07, 6.45) is 8.67. The highest BCUT2D eigenvalue weighted by Crippen LogP contribution is 2.40. The van der Waals surface area contributed by atoms with Crippen LogP contribution in [0.5, 0.6) is 0 Å². The van der Waals surface area contributed by atoms with Gasteiger partial charge in [0.2, 0.25) is 5.91 Å². The molecule has 1 saturated carbocycles. The first-order valence-electron chi connectivity index (χ1n) is 6.52. The lowest BCUT2D eigenvalue weighted by Gasteiger charge is -2.39. The fraction of sp³-hybridized carbons (Fsp3) is 0.769. The van der Waals surface area contributed by atoms with Crippen molar-refractivity contribution >= 4 is 5.91 Å². The highest BCUT2D eigenvalue weighted by molar-refractivity contribution is 5.88. The Morgan fingerprint density at radius 3 is 2.59 bits per heavy atom. The third-order valence-electron chi connectivity index (χ3n) is 4.16. The van der Waals surface area contributed by atoms with Crippen LogP contribution in [0.1, 0.15) is 32.1 Å². The molecule has 1 amide bonds. The molecule has 0 aromatic carbocycles. The second-order valence-electron chi connectivity index (χ2n) is 5.20. The largest absolute Gasteiger partial charge is 0.349 e. The highest BCUT2D eigenvalue weighted by Gasteiger charge is 2.42. The van der Waals surface area contributed by atoms with Gasteiger partial charge >= 0.3 is 0 Å². The number of carbonyl (C=O) groups is 1. The molecule has 1 unspecified atom stereocenters. The van der Waals surface area contributed by atoms with E-state index in [0.29, 0.717) is 12.0 Å². The van der Waals surface area contributed by atoms with Crippen LogP contribution in [0.25, 0.3) is 0 Å². The van der Waals surface area contributed by atoms with Gasteiger partial charge < -0.3 is 14.8 Å². The molecule has 0 aromatic heterocycles. The predicted molar refractivity (Wildman–Crippen MR) is 62.3 cm³/mol. The van der Waals surface area contributed by atoms with Crippen LogP contribution in [0.2, 0.25) is 0 Å². The van der Waals surface area contributed by atoms with Crippen molar-refractivity contribution in [1.82, 2.24) is 5.32 Å². The minimum absolute atomic E-state index is 0.0508. The van der Waals surface area contributed by atoms with Crippen LogP contribution in [0, 0.1) is 5.92 Å². The molecule has 1 aliphatic carbocycles. The van der Waals surface area contributed by atoms with Crippen molar-refractivity contribution in [3.63, 3.8) is 0 Å². The number of amides is 1.